The minimum atomic E-state index is 0. The number of rotatable bonds is 0. The van der Waals surface area contributed by atoms with Gasteiger partial charge in [-0.25, -0.2) is 10.5 Å². The topological polar surface area (TPSA) is 47.6 Å². The summed E-state index contributed by atoms with van der Waals surface area (Å²) in [5.41, 5.74) is 0. The van der Waals surface area contributed by atoms with E-state index in [2.05, 4.69) is 14.4 Å². The van der Waals surface area contributed by atoms with Crippen molar-refractivity contribution in [3.63, 3.8) is 0 Å². The average molecular weight is 87.9 g/mol. The van der Waals surface area contributed by atoms with E-state index in [4.69, 9.17) is 10.5 Å². The molecule has 0 N–H and O–H groups in total. The van der Waals surface area contributed by atoms with E-state index in [1.165, 1.54) is 5.97 Å². The SMILES string of the molecule is C#N.[B]C#N.[H-].[Na+]. The van der Waals surface area contributed by atoms with E-state index < -0.39 is 0 Å². The van der Waals surface area contributed by atoms with Crippen molar-refractivity contribution >= 4 is 7.85 Å². The van der Waals surface area contributed by atoms with Gasteiger partial charge in [0.25, 0.3) is 0 Å². The summed E-state index contributed by atoms with van der Waals surface area (Å²) < 4.78 is 0. The zero-order valence-electron chi connectivity index (χ0n) is 4.55. The number of nitrogens with zero attached hydrogens (tertiary/aromatic N) is 2. The van der Waals surface area contributed by atoms with Crippen LogP contribution in [-0.2, 0) is 0 Å². The Morgan fingerprint density at radius 2 is 1.67 bits per heavy atom. The second kappa shape index (κ2) is 75.6. The van der Waals surface area contributed by atoms with Crippen LogP contribution >= 0.6 is 0 Å². The van der Waals surface area contributed by atoms with Crippen LogP contribution in [-0.4, -0.2) is 7.85 Å². The van der Waals surface area contributed by atoms with E-state index in [-0.39, 0.29) is 31.0 Å². The molecule has 0 atom stereocenters. The van der Waals surface area contributed by atoms with Crippen LogP contribution in [0.3, 0.4) is 0 Å². The van der Waals surface area contributed by atoms with Gasteiger partial charge in [0, 0.05) is 6.57 Å². The molecule has 0 unspecified atom stereocenters. The first-order valence-electron chi connectivity index (χ1n) is 0.770. The normalized spacial score (nSPS) is 1.50. The summed E-state index contributed by atoms with van der Waals surface area (Å²) in [4.78, 5) is 0. The molecule has 0 bridgehead atoms. The molecule has 24 valence electrons. The molecule has 0 aromatic carbocycles. The van der Waals surface area contributed by atoms with Crippen molar-refractivity contribution in [1.82, 2.24) is 0 Å². The third-order valence-corrected chi connectivity index (χ3v) is 0. The van der Waals surface area contributed by atoms with E-state index in [0.29, 0.717) is 0 Å². The van der Waals surface area contributed by atoms with E-state index >= 15 is 0 Å². The minimum absolute atomic E-state index is 0. The molecule has 0 saturated carbocycles. The van der Waals surface area contributed by atoms with Gasteiger partial charge in [0.15, 0.2) is 0 Å². The summed E-state index contributed by atoms with van der Waals surface area (Å²) in [5.74, 6) is 1.25. The number of hydrogen-bond donors (Lipinski definition) is 0. The van der Waals surface area contributed by atoms with Crippen LogP contribution in [0.4, 0.5) is 0 Å². The fourth-order valence-corrected chi connectivity index (χ4v) is 0. The molecule has 0 aliphatic heterocycles. The fourth-order valence-electron chi connectivity index (χ4n) is 0. The fraction of sp³-hybridized carbons (Fsp3) is 0. The second-order valence-corrected chi connectivity index (χ2v) is 0.129. The van der Waals surface area contributed by atoms with Gasteiger partial charge < -0.3 is 1.43 Å². The van der Waals surface area contributed by atoms with Crippen molar-refractivity contribution in [2.24, 2.45) is 0 Å². The minimum Gasteiger partial charge on any atom is -1.00 e. The zero-order valence-corrected chi connectivity index (χ0v) is 5.55. The molecule has 0 fully saturated rings. The van der Waals surface area contributed by atoms with Crippen LogP contribution in [0.15, 0.2) is 0 Å². The second-order valence-electron chi connectivity index (χ2n) is 0.129. The van der Waals surface area contributed by atoms with Gasteiger partial charge in [-0.15, -0.1) is 0 Å². The van der Waals surface area contributed by atoms with E-state index in [1.54, 1.807) is 0 Å². The molecule has 0 aromatic rings. The van der Waals surface area contributed by atoms with Gasteiger partial charge in [0.1, 0.15) is 0 Å². The van der Waals surface area contributed by atoms with Crippen molar-refractivity contribution in [1.29, 1.82) is 10.5 Å². The smallest absolute Gasteiger partial charge is 1.00 e. The van der Waals surface area contributed by atoms with Crippen molar-refractivity contribution in [2.75, 3.05) is 0 Å². The predicted molar refractivity (Wildman–Crippen MR) is 19.1 cm³/mol. The van der Waals surface area contributed by atoms with E-state index in [0.717, 1.165) is 0 Å². The summed E-state index contributed by atoms with van der Waals surface area (Å²) in [5, 5.41) is 13.6. The van der Waals surface area contributed by atoms with Crippen LogP contribution < -0.4 is 29.6 Å². The number of nitriles is 2. The van der Waals surface area contributed by atoms with E-state index in [9.17, 15) is 0 Å². The Hall–Kier alpha value is 0.0449. The van der Waals surface area contributed by atoms with Crippen LogP contribution in [0.2, 0.25) is 0 Å². The molecule has 6 heavy (non-hydrogen) atoms. The van der Waals surface area contributed by atoms with Crippen molar-refractivity contribution in [3.8, 4) is 12.5 Å². The Kier molecular flexibility index (Phi) is 209. The van der Waals surface area contributed by atoms with Crippen LogP contribution in [0.5, 0.6) is 0 Å². The van der Waals surface area contributed by atoms with Gasteiger partial charge in [-0.2, -0.15) is 0 Å². The first kappa shape index (κ1) is 16.6. The molecule has 2 nitrogen and oxygen atoms in total. The maximum Gasteiger partial charge on any atom is 1.00 e. The van der Waals surface area contributed by atoms with Crippen LogP contribution in [0.25, 0.3) is 0 Å². The zero-order chi connectivity index (χ0) is 4.71. The quantitative estimate of drug-likeness (QED) is 0.294. The molecule has 2 radical (unpaired) electrons. The monoisotopic (exact) mass is 88.0 g/mol. The van der Waals surface area contributed by atoms with Crippen molar-refractivity contribution < 1.29 is 31.0 Å². The summed E-state index contributed by atoms with van der Waals surface area (Å²) in [6.07, 6.45) is 0. The third-order valence-electron chi connectivity index (χ3n) is 0. The summed E-state index contributed by atoms with van der Waals surface area (Å²) >= 11 is 0. The summed E-state index contributed by atoms with van der Waals surface area (Å²) in [7, 11) is 4.15. The molecular formula is C2H2BN2Na. The van der Waals surface area contributed by atoms with Gasteiger partial charge in [0.2, 0.25) is 7.85 Å². The van der Waals surface area contributed by atoms with Gasteiger partial charge in [-0.05, 0) is 5.97 Å². The molecular weight excluding hydrogens is 85.8 g/mol. The predicted octanol–water partition coefficient (Wildman–Crippen LogP) is -3.11. The maximum atomic E-state index is 7.10. The Labute approximate surface area is 61.9 Å². The molecule has 0 saturated heterocycles. The van der Waals surface area contributed by atoms with Gasteiger partial charge in [0.05, 0.1) is 0 Å². The van der Waals surface area contributed by atoms with Crippen LogP contribution in [0.1, 0.15) is 1.43 Å². The third kappa shape index (κ3) is 18600. The Bertz CT molecular complexity index is 58.4. The summed E-state index contributed by atoms with van der Waals surface area (Å²) in [6.45, 7) is 3.50. The largest absolute Gasteiger partial charge is 1.00 e. The standard InChI is InChI=1S/CBN.CHN.Na.H/c2-1-3;1-2;;/h;1H;;/q;;+1;-1. The molecule has 0 heterocycles. The molecule has 0 amide bonds. The Balaban J connectivity index is -0.0000000105. The molecule has 0 aromatic heterocycles. The Morgan fingerprint density at radius 3 is 1.67 bits per heavy atom. The Morgan fingerprint density at radius 1 is 1.67 bits per heavy atom. The molecule has 4 heteroatoms. The average Bonchev–Trinajstić information content (AvgIpc) is 1.46. The summed E-state index contributed by atoms with van der Waals surface area (Å²) in [6, 6.07) is 0. The van der Waals surface area contributed by atoms with Crippen molar-refractivity contribution in [2.45, 2.75) is 0 Å². The molecule has 0 rings (SSSR count). The van der Waals surface area contributed by atoms with Gasteiger partial charge in [-0.1, -0.05) is 0 Å². The number of hydrogen-bond acceptors (Lipinski definition) is 2. The van der Waals surface area contributed by atoms with Crippen LogP contribution in [0, 0.1) is 23.1 Å². The first-order chi connectivity index (χ1) is 2.41. The maximum absolute atomic E-state index is 7.10. The molecule has 0 spiro atoms. The molecule has 0 aliphatic rings. The molecule has 0 aliphatic carbocycles. The van der Waals surface area contributed by atoms with Crippen molar-refractivity contribution in [3.05, 3.63) is 0 Å². The van der Waals surface area contributed by atoms with Gasteiger partial charge >= 0.3 is 29.6 Å². The van der Waals surface area contributed by atoms with Gasteiger partial charge in [-0.3, -0.25) is 0 Å². The first-order valence-corrected chi connectivity index (χ1v) is 0.770. The van der Waals surface area contributed by atoms with E-state index in [1.807, 2.05) is 0 Å².